The number of amides is 1. The molecule has 14 nitrogen and oxygen atoms in total. The van der Waals surface area contributed by atoms with Gasteiger partial charge in [0, 0.05) is 6.42 Å². The summed E-state index contributed by atoms with van der Waals surface area (Å²) in [7, 11) is 0. The van der Waals surface area contributed by atoms with E-state index in [1.807, 2.05) is 6.08 Å². The summed E-state index contributed by atoms with van der Waals surface area (Å²) in [6.45, 7) is 2.58. The number of carbonyl (C=O) groups excluding carboxylic acids is 1. The quantitative estimate of drug-likeness (QED) is 0.0232. The molecular formula is C54H89NO13. The lowest BCUT2D eigenvalue weighted by molar-refractivity contribution is -0.359. The van der Waals surface area contributed by atoms with Crippen LogP contribution in [-0.4, -0.2) is 140 Å². The molecule has 0 aromatic carbocycles. The molecule has 2 heterocycles. The summed E-state index contributed by atoms with van der Waals surface area (Å²) in [6, 6.07) is -0.937. The van der Waals surface area contributed by atoms with Crippen LogP contribution in [0.4, 0.5) is 0 Å². The molecule has 2 rings (SSSR count). The number of aliphatic hydroxyl groups is 8. The van der Waals surface area contributed by atoms with Gasteiger partial charge < -0.3 is 65.1 Å². The van der Waals surface area contributed by atoms with Crippen molar-refractivity contribution in [2.24, 2.45) is 0 Å². The summed E-state index contributed by atoms with van der Waals surface area (Å²) < 4.78 is 22.6. The molecular weight excluding hydrogens is 871 g/mol. The smallest absolute Gasteiger partial charge is 0.220 e. The van der Waals surface area contributed by atoms with Crippen molar-refractivity contribution in [1.82, 2.24) is 5.32 Å². The Bertz CT molecular complexity index is 1510. The van der Waals surface area contributed by atoms with E-state index in [1.54, 1.807) is 6.08 Å². The Kier molecular flexibility index (Phi) is 35.6. The third-order valence-electron chi connectivity index (χ3n) is 11.8. The van der Waals surface area contributed by atoms with Crippen molar-refractivity contribution >= 4 is 5.91 Å². The molecule has 0 bridgehead atoms. The maximum atomic E-state index is 13.1. The predicted molar refractivity (Wildman–Crippen MR) is 267 cm³/mol. The molecule has 0 radical (unpaired) electrons. The summed E-state index contributed by atoms with van der Waals surface area (Å²) in [5.74, 6) is -0.280. The molecule has 388 valence electrons. The molecule has 12 atom stereocenters. The second-order valence-corrected chi connectivity index (χ2v) is 17.6. The molecule has 0 aromatic heterocycles. The van der Waals surface area contributed by atoms with Gasteiger partial charge in [-0.25, -0.2) is 0 Å². The van der Waals surface area contributed by atoms with E-state index in [1.165, 1.54) is 25.7 Å². The number of allylic oxidation sites excluding steroid dienone is 15. The average molecular weight is 960 g/mol. The number of hydrogen-bond donors (Lipinski definition) is 9. The predicted octanol–water partition coefficient (Wildman–Crippen LogP) is 6.76. The van der Waals surface area contributed by atoms with Crippen LogP contribution in [0.3, 0.4) is 0 Å². The lowest BCUT2D eigenvalue weighted by atomic mass is 9.97. The van der Waals surface area contributed by atoms with Gasteiger partial charge in [0.25, 0.3) is 0 Å². The molecule has 1 amide bonds. The standard InChI is InChI=1S/C54H89NO13/c1-3-5-7-9-11-13-14-15-16-17-18-19-20-21-22-23-24-25-26-27-28-30-32-34-36-38-46(59)55-42(43(58)37-35-33-31-29-12-10-8-6-4-2)41-65-53-51(64)49(62)52(45(40-57)67-53)68-54-50(63)48(61)47(60)44(39-56)66-54/h5,7,11,13,15-16,18-19,21-22,24-25,27-28,35,37,42-45,47-54,56-58,60-64H,3-4,6,8-10,12,14,17,20,23,26,29-34,36,38-41H2,1-2H3,(H,55,59)/b7-5-,13-11-,16-15-,19-18-,22-21-,25-24-,28-27-,37-35+. The molecule has 14 heteroatoms. The van der Waals surface area contributed by atoms with Gasteiger partial charge in [0.05, 0.1) is 32.0 Å². The van der Waals surface area contributed by atoms with Gasteiger partial charge in [0.15, 0.2) is 12.6 Å². The first kappa shape index (κ1) is 61.0. The Hall–Kier alpha value is -3.09. The normalized spacial score (nSPS) is 27.2. The molecule has 2 saturated heterocycles. The number of carbonyl (C=O) groups is 1. The zero-order valence-electron chi connectivity index (χ0n) is 41.0. The molecule has 0 spiro atoms. The van der Waals surface area contributed by atoms with Crippen molar-refractivity contribution < 1.29 is 64.6 Å². The topological polar surface area (TPSA) is 228 Å². The number of rotatable bonds is 37. The van der Waals surface area contributed by atoms with E-state index < -0.39 is 86.8 Å². The fourth-order valence-corrected chi connectivity index (χ4v) is 7.62. The van der Waals surface area contributed by atoms with Gasteiger partial charge in [0.2, 0.25) is 5.91 Å². The van der Waals surface area contributed by atoms with E-state index in [4.69, 9.17) is 18.9 Å². The van der Waals surface area contributed by atoms with Crippen molar-refractivity contribution in [2.75, 3.05) is 19.8 Å². The number of ether oxygens (including phenoxy) is 4. The fraction of sp³-hybridized carbons (Fsp3) is 0.685. The van der Waals surface area contributed by atoms with Gasteiger partial charge >= 0.3 is 0 Å². The number of unbranched alkanes of at least 4 members (excludes halogenated alkanes) is 10. The van der Waals surface area contributed by atoms with Crippen LogP contribution in [0.5, 0.6) is 0 Å². The molecule has 2 aliphatic rings. The lowest BCUT2D eigenvalue weighted by Gasteiger charge is -2.46. The molecule has 68 heavy (non-hydrogen) atoms. The van der Waals surface area contributed by atoms with Gasteiger partial charge in [-0.3, -0.25) is 4.79 Å². The minimum Gasteiger partial charge on any atom is -0.394 e. The second kappa shape index (κ2) is 39.6. The largest absolute Gasteiger partial charge is 0.394 e. The van der Waals surface area contributed by atoms with Crippen molar-refractivity contribution in [3.05, 3.63) is 97.2 Å². The van der Waals surface area contributed by atoms with E-state index in [0.717, 1.165) is 89.9 Å². The molecule has 2 aliphatic heterocycles. The third kappa shape index (κ3) is 26.2. The van der Waals surface area contributed by atoms with E-state index in [0.29, 0.717) is 6.42 Å². The van der Waals surface area contributed by atoms with Crippen molar-refractivity contribution in [2.45, 2.75) is 216 Å². The van der Waals surface area contributed by atoms with E-state index in [2.05, 4.69) is 104 Å². The maximum Gasteiger partial charge on any atom is 0.220 e. The Morgan fingerprint density at radius 1 is 0.544 bits per heavy atom. The highest BCUT2D eigenvalue weighted by molar-refractivity contribution is 5.76. The molecule has 9 N–H and O–H groups in total. The van der Waals surface area contributed by atoms with Crippen LogP contribution in [0, 0.1) is 0 Å². The molecule has 0 aliphatic carbocycles. The van der Waals surface area contributed by atoms with Crippen molar-refractivity contribution in [1.29, 1.82) is 0 Å². The number of aliphatic hydroxyl groups excluding tert-OH is 8. The van der Waals surface area contributed by atoms with Crippen molar-refractivity contribution in [3.63, 3.8) is 0 Å². The van der Waals surface area contributed by atoms with Gasteiger partial charge in [-0.2, -0.15) is 0 Å². The second-order valence-electron chi connectivity index (χ2n) is 17.6. The Labute approximate surface area is 407 Å². The fourth-order valence-electron chi connectivity index (χ4n) is 7.62. The highest BCUT2D eigenvalue weighted by Gasteiger charge is 2.51. The van der Waals surface area contributed by atoms with Crippen LogP contribution in [-0.2, 0) is 23.7 Å². The Morgan fingerprint density at radius 3 is 1.56 bits per heavy atom. The summed E-state index contributed by atoms with van der Waals surface area (Å²) in [6.07, 6.45) is 36.0. The van der Waals surface area contributed by atoms with Crippen LogP contribution < -0.4 is 5.32 Å². The maximum absolute atomic E-state index is 13.1. The van der Waals surface area contributed by atoms with E-state index in [-0.39, 0.29) is 18.9 Å². The minimum absolute atomic E-state index is 0.234. The zero-order valence-corrected chi connectivity index (χ0v) is 41.0. The van der Waals surface area contributed by atoms with Crippen LogP contribution in [0.1, 0.15) is 142 Å². The molecule has 12 unspecified atom stereocenters. The van der Waals surface area contributed by atoms with Gasteiger partial charge in [-0.1, -0.05) is 156 Å². The monoisotopic (exact) mass is 960 g/mol. The van der Waals surface area contributed by atoms with Crippen molar-refractivity contribution in [3.8, 4) is 0 Å². The first-order valence-electron chi connectivity index (χ1n) is 25.5. The molecule has 0 saturated carbocycles. The molecule has 0 aromatic rings. The van der Waals surface area contributed by atoms with Crippen LogP contribution in [0.15, 0.2) is 97.2 Å². The average Bonchev–Trinajstić information content (AvgIpc) is 3.34. The Balaban J connectivity index is 1.79. The summed E-state index contributed by atoms with van der Waals surface area (Å²) in [5, 5.41) is 86.5. The van der Waals surface area contributed by atoms with Gasteiger partial charge in [0.1, 0.15) is 48.8 Å². The van der Waals surface area contributed by atoms with E-state index >= 15 is 0 Å². The minimum atomic E-state index is -1.79. The number of nitrogens with one attached hydrogen (secondary N) is 1. The number of hydrogen-bond acceptors (Lipinski definition) is 13. The summed E-state index contributed by atoms with van der Waals surface area (Å²) in [4.78, 5) is 13.1. The highest BCUT2D eigenvalue weighted by Crippen LogP contribution is 2.30. The zero-order chi connectivity index (χ0) is 49.6. The lowest BCUT2D eigenvalue weighted by Crippen LogP contribution is -2.65. The first-order chi connectivity index (χ1) is 33.1. The molecule has 2 fully saturated rings. The van der Waals surface area contributed by atoms with Gasteiger partial charge in [-0.05, 0) is 77.0 Å². The van der Waals surface area contributed by atoms with Crippen LogP contribution in [0.25, 0.3) is 0 Å². The summed E-state index contributed by atoms with van der Waals surface area (Å²) >= 11 is 0. The SMILES string of the molecule is CC/C=C\C/C=C\C/C=C\C/C=C\C/C=C\C/C=C\C/C=C\CCCCCC(=O)NC(COC1OC(CO)C(OC2OC(CO)C(O)C(O)C2O)C(O)C1O)C(O)/C=C/CCCCCCCCC. The highest BCUT2D eigenvalue weighted by atomic mass is 16.7. The Morgan fingerprint density at radius 2 is 1.01 bits per heavy atom. The van der Waals surface area contributed by atoms with Crippen LogP contribution >= 0.6 is 0 Å². The summed E-state index contributed by atoms with van der Waals surface area (Å²) in [5.41, 5.74) is 0. The van der Waals surface area contributed by atoms with E-state index in [9.17, 15) is 45.6 Å². The first-order valence-corrected chi connectivity index (χ1v) is 25.5. The van der Waals surface area contributed by atoms with Crippen LogP contribution in [0.2, 0.25) is 0 Å². The third-order valence-corrected chi connectivity index (χ3v) is 11.8. The van der Waals surface area contributed by atoms with Gasteiger partial charge in [-0.15, -0.1) is 0 Å².